The van der Waals surface area contributed by atoms with E-state index >= 15 is 0 Å². The summed E-state index contributed by atoms with van der Waals surface area (Å²) in [7, 11) is 0. The van der Waals surface area contributed by atoms with Crippen molar-refractivity contribution >= 4 is 15.9 Å². The Morgan fingerprint density at radius 2 is 1.59 bits per heavy atom. The second kappa shape index (κ2) is 6.91. The van der Waals surface area contributed by atoms with Gasteiger partial charge in [-0.3, -0.25) is 0 Å². The average molecular weight is 365 g/mol. The molecule has 0 spiro atoms. The lowest BCUT2D eigenvalue weighted by Crippen LogP contribution is -2.14. The Balaban J connectivity index is 1.79. The van der Waals surface area contributed by atoms with Gasteiger partial charge in [-0.2, -0.15) is 0 Å². The minimum absolute atomic E-state index is 0.216. The van der Waals surface area contributed by atoms with Crippen LogP contribution in [-0.2, 0) is 0 Å². The average Bonchev–Trinajstić information content (AvgIpc) is 2.56. The van der Waals surface area contributed by atoms with Gasteiger partial charge in [0.25, 0.3) is 0 Å². The molecule has 0 unspecified atom stereocenters. The van der Waals surface area contributed by atoms with Crippen LogP contribution in [0, 0.1) is 17.6 Å². The van der Waals surface area contributed by atoms with Gasteiger partial charge in [-0.1, -0.05) is 40.2 Å². The van der Waals surface area contributed by atoms with Crippen LogP contribution in [0.2, 0.25) is 0 Å². The smallest absolute Gasteiger partial charge is 0.131 e. The van der Waals surface area contributed by atoms with Gasteiger partial charge < -0.3 is 0 Å². The highest BCUT2D eigenvalue weighted by atomic mass is 79.9. The predicted molar refractivity (Wildman–Crippen MR) is 90.3 cm³/mol. The van der Waals surface area contributed by atoms with Gasteiger partial charge in [0.1, 0.15) is 11.6 Å². The van der Waals surface area contributed by atoms with E-state index in [1.54, 1.807) is 18.2 Å². The molecule has 2 aromatic carbocycles. The van der Waals surface area contributed by atoms with Crippen molar-refractivity contribution in [1.82, 2.24) is 0 Å². The number of hydrogen-bond acceptors (Lipinski definition) is 0. The maximum atomic E-state index is 14.4. The quantitative estimate of drug-likeness (QED) is 0.560. The second-order valence-corrected chi connectivity index (χ2v) is 6.77. The molecule has 22 heavy (non-hydrogen) atoms. The normalized spacial score (nSPS) is 21.8. The Labute approximate surface area is 138 Å². The van der Waals surface area contributed by atoms with Crippen molar-refractivity contribution in [3.05, 3.63) is 59.7 Å². The minimum atomic E-state index is -0.302. The minimum Gasteiger partial charge on any atom is -0.207 e. The van der Waals surface area contributed by atoms with Gasteiger partial charge in [-0.25, -0.2) is 8.78 Å². The van der Waals surface area contributed by atoms with Crippen molar-refractivity contribution in [3.63, 3.8) is 0 Å². The number of halogens is 3. The monoisotopic (exact) mass is 364 g/mol. The zero-order valence-electron chi connectivity index (χ0n) is 12.4. The van der Waals surface area contributed by atoms with Gasteiger partial charge in [0.2, 0.25) is 0 Å². The summed E-state index contributed by atoms with van der Waals surface area (Å²) in [4.78, 5) is 0. The standard InChI is InChI=1S/C19H19BrF2/c20-12-13-1-3-14(4-2-13)16-7-10-18(19(22)11-16)15-5-8-17(21)9-6-15/h5-11,13-14H,1-4,12H2. The molecule has 0 aliphatic heterocycles. The van der Waals surface area contributed by atoms with Crippen LogP contribution in [0.1, 0.15) is 37.2 Å². The molecule has 1 aliphatic rings. The molecule has 1 aliphatic carbocycles. The molecule has 0 atom stereocenters. The van der Waals surface area contributed by atoms with Crippen LogP contribution >= 0.6 is 15.9 Å². The SMILES string of the molecule is Fc1ccc(-c2ccc(C3CCC(CBr)CC3)cc2F)cc1. The van der Waals surface area contributed by atoms with E-state index in [0.717, 1.165) is 29.7 Å². The Morgan fingerprint density at radius 1 is 0.909 bits per heavy atom. The number of hydrogen-bond donors (Lipinski definition) is 0. The Bertz CT molecular complexity index is 628. The third kappa shape index (κ3) is 3.40. The molecule has 1 fully saturated rings. The van der Waals surface area contributed by atoms with E-state index in [-0.39, 0.29) is 11.6 Å². The molecular weight excluding hydrogens is 346 g/mol. The van der Waals surface area contributed by atoms with Crippen LogP contribution in [0.5, 0.6) is 0 Å². The fraction of sp³-hybridized carbons (Fsp3) is 0.368. The van der Waals surface area contributed by atoms with Crippen LogP contribution in [0.4, 0.5) is 8.78 Å². The molecule has 0 saturated heterocycles. The lowest BCUT2D eigenvalue weighted by Gasteiger charge is -2.27. The largest absolute Gasteiger partial charge is 0.207 e. The third-order valence-corrected chi connectivity index (χ3v) is 5.60. The molecule has 0 N–H and O–H groups in total. The summed E-state index contributed by atoms with van der Waals surface area (Å²) in [5, 5.41) is 1.07. The van der Waals surface area contributed by atoms with Crippen molar-refractivity contribution in [3.8, 4) is 11.1 Å². The number of rotatable bonds is 3. The molecule has 0 radical (unpaired) electrons. The summed E-state index contributed by atoms with van der Waals surface area (Å²) in [5.74, 6) is 0.711. The van der Waals surface area contributed by atoms with Gasteiger partial charge in [0.05, 0.1) is 0 Å². The molecule has 3 rings (SSSR count). The van der Waals surface area contributed by atoms with Crippen molar-refractivity contribution in [2.24, 2.45) is 5.92 Å². The van der Waals surface area contributed by atoms with Gasteiger partial charge >= 0.3 is 0 Å². The van der Waals surface area contributed by atoms with Crippen molar-refractivity contribution in [1.29, 1.82) is 0 Å². The molecule has 2 aromatic rings. The summed E-state index contributed by atoms with van der Waals surface area (Å²) < 4.78 is 27.4. The topological polar surface area (TPSA) is 0 Å². The molecule has 0 heterocycles. The van der Waals surface area contributed by atoms with E-state index in [1.165, 1.54) is 25.0 Å². The van der Waals surface area contributed by atoms with E-state index in [4.69, 9.17) is 0 Å². The van der Waals surface area contributed by atoms with Crippen molar-refractivity contribution < 1.29 is 8.78 Å². The summed E-state index contributed by atoms with van der Waals surface area (Å²) in [5.41, 5.74) is 2.35. The maximum absolute atomic E-state index is 14.4. The number of alkyl halides is 1. The summed E-state index contributed by atoms with van der Waals surface area (Å²) in [6.07, 6.45) is 4.67. The van der Waals surface area contributed by atoms with Crippen molar-refractivity contribution in [2.45, 2.75) is 31.6 Å². The Hall–Kier alpha value is -1.22. The van der Waals surface area contributed by atoms with Crippen LogP contribution in [-0.4, -0.2) is 5.33 Å². The van der Waals surface area contributed by atoms with Crippen LogP contribution in [0.3, 0.4) is 0 Å². The third-order valence-electron chi connectivity index (χ3n) is 4.68. The van der Waals surface area contributed by atoms with Gasteiger partial charge in [0, 0.05) is 10.9 Å². The first kappa shape index (κ1) is 15.7. The fourth-order valence-electron chi connectivity index (χ4n) is 3.30. The van der Waals surface area contributed by atoms with Crippen LogP contribution < -0.4 is 0 Å². The van der Waals surface area contributed by atoms with Crippen LogP contribution in [0.15, 0.2) is 42.5 Å². The van der Waals surface area contributed by atoms with E-state index < -0.39 is 0 Å². The first-order valence-electron chi connectivity index (χ1n) is 7.78. The highest BCUT2D eigenvalue weighted by molar-refractivity contribution is 9.09. The molecule has 0 nitrogen and oxygen atoms in total. The van der Waals surface area contributed by atoms with Crippen molar-refractivity contribution in [2.75, 3.05) is 5.33 Å². The molecular formula is C19H19BrF2. The zero-order chi connectivity index (χ0) is 15.5. The van der Waals surface area contributed by atoms with E-state index in [9.17, 15) is 8.78 Å². The van der Waals surface area contributed by atoms with Gasteiger partial charge in [-0.05, 0) is 66.8 Å². The highest BCUT2D eigenvalue weighted by Crippen LogP contribution is 2.37. The molecule has 3 heteroatoms. The van der Waals surface area contributed by atoms with E-state index in [0.29, 0.717) is 17.0 Å². The zero-order valence-corrected chi connectivity index (χ0v) is 14.0. The molecule has 1 saturated carbocycles. The lowest BCUT2D eigenvalue weighted by atomic mass is 9.79. The molecule has 0 amide bonds. The van der Waals surface area contributed by atoms with Gasteiger partial charge in [-0.15, -0.1) is 0 Å². The van der Waals surface area contributed by atoms with Gasteiger partial charge in [0.15, 0.2) is 0 Å². The molecule has 0 aromatic heterocycles. The molecule has 0 bridgehead atoms. The lowest BCUT2D eigenvalue weighted by molar-refractivity contribution is 0.353. The Morgan fingerprint density at radius 3 is 2.18 bits per heavy atom. The van der Waals surface area contributed by atoms with E-state index in [1.807, 2.05) is 12.1 Å². The second-order valence-electron chi connectivity index (χ2n) is 6.12. The summed E-state index contributed by atoms with van der Waals surface area (Å²) in [6, 6.07) is 11.5. The summed E-state index contributed by atoms with van der Waals surface area (Å²) in [6.45, 7) is 0. The number of benzene rings is 2. The van der Waals surface area contributed by atoms with E-state index in [2.05, 4.69) is 15.9 Å². The maximum Gasteiger partial charge on any atom is 0.131 e. The summed E-state index contributed by atoms with van der Waals surface area (Å²) >= 11 is 3.55. The predicted octanol–water partition coefficient (Wildman–Crippen LogP) is 6.30. The molecule has 116 valence electrons. The first-order chi connectivity index (χ1) is 10.7. The fourth-order valence-corrected chi connectivity index (χ4v) is 3.95. The Kier molecular flexibility index (Phi) is 4.92. The van der Waals surface area contributed by atoms with Crippen LogP contribution in [0.25, 0.3) is 11.1 Å². The first-order valence-corrected chi connectivity index (χ1v) is 8.91. The highest BCUT2D eigenvalue weighted by Gasteiger charge is 2.22.